The van der Waals surface area contributed by atoms with Crippen LogP contribution in [0.25, 0.3) is 0 Å². The number of nitrogens with zero attached hydrogens (tertiary/aromatic N) is 1. The summed E-state index contributed by atoms with van der Waals surface area (Å²) in [7, 11) is 1.64. The van der Waals surface area contributed by atoms with Crippen molar-refractivity contribution < 1.29 is 4.74 Å². The van der Waals surface area contributed by atoms with Gasteiger partial charge in [0.15, 0.2) is 0 Å². The van der Waals surface area contributed by atoms with E-state index in [1.54, 1.807) is 13.2 Å². The highest BCUT2D eigenvalue weighted by atomic mass is 35.5. The van der Waals surface area contributed by atoms with Crippen molar-refractivity contribution in [1.29, 1.82) is 0 Å². The van der Waals surface area contributed by atoms with Gasteiger partial charge in [0.1, 0.15) is 17.4 Å². The van der Waals surface area contributed by atoms with Gasteiger partial charge in [0, 0.05) is 17.0 Å². The Morgan fingerprint density at radius 1 is 1.12 bits per heavy atom. The van der Waals surface area contributed by atoms with Crippen LogP contribution in [-0.4, -0.2) is 12.9 Å². The Kier molecular flexibility index (Phi) is 4.24. The number of benzene rings is 2. The van der Waals surface area contributed by atoms with Crippen LogP contribution < -0.4 is 16.2 Å². The molecule has 0 radical (unpaired) electrons. The summed E-state index contributed by atoms with van der Waals surface area (Å²) in [5, 5.41) is 0.630. The maximum Gasteiger partial charge on any atom is 0.123 e. The maximum atomic E-state index is 6.27. The number of amidine groups is 1. The lowest BCUT2D eigenvalue weighted by Crippen LogP contribution is -2.36. The van der Waals surface area contributed by atoms with Crippen molar-refractivity contribution in [3.05, 3.63) is 76.1 Å². The molecule has 1 aliphatic rings. The topological polar surface area (TPSA) is 73.6 Å². The average Bonchev–Trinajstić information content (AvgIpc) is 2.54. The molecule has 124 valence electrons. The first kappa shape index (κ1) is 16.4. The summed E-state index contributed by atoms with van der Waals surface area (Å²) in [6.07, 6.45) is 2.44. The summed E-state index contributed by atoms with van der Waals surface area (Å²) in [6, 6.07) is 13.9. The number of aryl methyl sites for hydroxylation is 1. The van der Waals surface area contributed by atoms with Gasteiger partial charge in [-0.3, -0.25) is 0 Å². The number of ether oxygens (including phenoxy) is 1. The van der Waals surface area contributed by atoms with Gasteiger partial charge in [-0.25, -0.2) is 4.99 Å². The Bertz CT molecular complexity index is 827. The van der Waals surface area contributed by atoms with Crippen molar-refractivity contribution in [2.24, 2.45) is 16.5 Å². The number of methoxy groups -OCH3 is 1. The Labute approximate surface area is 146 Å². The predicted molar refractivity (Wildman–Crippen MR) is 98.5 cm³/mol. The molecule has 3 rings (SSSR count). The molecule has 1 unspecified atom stereocenters. The largest absolute Gasteiger partial charge is 0.496 e. The summed E-state index contributed by atoms with van der Waals surface area (Å²) in [5.41, 5.74) is 14.7. The van der Waals surface area contributed by atoms with E-state index < -0.39 is 5.41 Å². The fourth-order valence-corrected chi connectivity index (χ4v) is 3.39. The van der Waals surface area contributed by atoms with E-state index in [-0.39, 0.29) is 0 Å². The van der Waals surface area contributed by atoms with Crippen LogP contribution in [0.5, 0.6) is 5.75 Å². The van der Waals surface area contributed by atoms with E-state index in [9.17, 15) is 0 Å². The summed E-state index contributed by atoms with van der Waals surface area (Å²) in [4.78, 5) is 4.18. The average molecular weight is 342 g/mol. The fourth-order valence-electron chi connectivity index (χ4n) is 3.22. The first-order chi connectivity index (χ1) is 11.4. The second-order valence-corrected chi connectivity index (χ2v) is 6.47. The first-order valence-corrected chi connectivity index (χ1v) is 8.05. The molecule has 0 amide bonds. The molecule has 4 N–H and O–H groups in total. The zero-order valence-electron chi connectivity index (χ0n) is 13.7. The van der Waals surface area contributed by atoms with E-state index in [2.05, 4.69) is 36.2 Å². The third-order valence-electron chi connectivity index (χ3n) is 4.34. The predicted octanol–water partition coefficient (Wildman–Crippen LogP) is 3.50. The lowest BCUT2D eigenvalue weighted by molar-refractivity contribution is 0.402. The number of nitrogens with two attached hydrogens (primary N) is 2. The molecule has 0 spiro atoms. The SMILES string of the molecule is COc1ccc(Cl)cc1C1(c2ccc(C)cc2)C=C(N)N=C(N)C1. The number of hydrogen-bond donors (Lipinski definition) is 2. The Hall–Kier alpha value is -2.46. The van der Waals surface area contributed by atoms with Gasteiger partial charge in [0.05, 0.1) is 12.5 Å². The van der Waals surface area contributed by atoms with Crippen LogP contribution in [0, 0.1) is 6.92 Å². The highest BCUT2D eigenvalue weighted by molar-refractivity contribution is 6.30. The molecular formula is C19H20ClN3O. The highest BCUT2D eigenvalue weighted by Gasteiger charge is 2.38. The van der Waals surface area contributed by atoms with E-state index in [4.69, 9.17) is 27.8 Å². The lowest BCUT2D eigenvalue weighted by Gasteiger charge is -2.35. The Balaban J connectivity index is 2.30. The van der Waals surface area contributed by atoms with Gasteiger partial charge in [-0.05, 0) is 36.8 Å². The molecule has 1 atom stereocenters. The molecule has 24 heavy (non-hydrogen) atoms. The normalized spacial score (nSPS) is 20.3. The van der Waals surface area contributed by atoms with Crippen molar-refractivity contribution in [3.8, 4) is 5.75 Å². The van der Waals surface area contributed by atoms with Gasteiger partial charge >= 0.3 is 0 Å². The van der Waals surface area contributed by atoms with Crippen molar-refractivity contribution in [1.82, 2.24) is 0 Å². The van der Waals surface area contributed by atoms with Crippen LogP contribution in [0.15, 0.2) is 59.4 Å². The number of aliphatic imine (C=N–C) groups is 1. The monoisotopic (exact) mass is 341 g/mol. The quantitative estimate of drug-likeness (QED) is 0.897. The Morgan fingerprint density at radius 2 is 1.83 bits per heavy atom. The fraction of sp³-hybridized carbons (Fsp3) is 0.211. The van der Waals surface area contributed by atoms with Crippen molar-refractivity contribution in [2.75, 3.05) is 7.11 Å². The van der Waals surface area contributed by atoms with Crippen LogP contribution in [0.1, 0.15) is 23.1 Å². The third-order valence-corrected chi connectivity index (χ3v) is 4.57. The van der Waals surface area contributed by atoms with E-state index >= 15 is 0 Å². The molecule has 2 aromatic carbocycles. The molecule has 2 aromatic rings. The second kappa shape index (κ2) is 6.21. The van der Waals surface area contributed by atoms with E-state index in [1.807, 2.05) is 18.2 Å². The number of halogens is 1. The molecule has 0 fully saturated rings. The first-order valence-electron chi connectivity index (χ1n) is 7.67. The van der Waals surface area contributed by atoms with Gasteiger partial charge in [-0.1, -0.05) is 41.4 Å². The molecule has 0 saturated heterocycles. The van der Waals surface area contributed by atoms with Gasteiger partial charge < -0.3 is 16.2 Å². The Morgan fingerprint density at radius 3 is 2.46 bits per heavy atom. The number of allylic oxidation sites excluding steroid dienone is 1. The van der Waals surface area contributed by atoms with Crippen molar-refractivity contribution >= 4 is 17.4 Å². The molecule has 0 saturated carbocycles. The van der Waals surface area contributed by atoms with Gasteiger partial charge in [-0.15, -0.1) is 0 Å². The minimum Gasteiger partial charge on any atom is -0.496 e. The zero-order valence-corrected chi connectivity index (χ0v) is 14.5. The lowest BCUT2D eigenvalue weighted by atomic mass is 9.70. The van der Waals surface area contributed by atoms with Crippen LogP contribution >= 0.6 is 11.6 Å². The molecule has 0 bridgehead atoms. The van der Waals surface area contributed by atoms with Crippen molar-refractivity contribution in [2.45, 2.75) is 18.8 Å². The molecular weight excluding hydrogens is 322 g/mol. The summed E-state index contributed by atoms with van der Waals surface area (Å²) >= 11 is 6.27. The van der Waals surface area contributed by atoms with E-state index in [1.165, 1.54) is 5.56 Å². The van der Waals surface area contributed by atoms with Gasteiger partial charge in [0.2, 0.25) is 0 Å². The smallest absolute Gasteiger partial charge is 0.123 e. The van der Waals surface area contributed by atoms with Gasteiger partial charge in [-0.2, -0.15) is 0 Å². The minimum absolute atomic E-state index is 0.390. The summed E-state index contributed by atoms with van der Waals surface area (Å²) in [6.45, 7) is 2.05. The van der Waals surface area contributed by atoms with Crippen LogP contribution in [0.4, 0.5) is 0 Å². The summed E-state index contributed by atoms with van der Waals surface area (Å²) in [5.74, 6) is 1.61. The minimum atomic E-state index is -0.570. The van der Waals surface area contributed by atoms with E-state index in [0.29, 0.717) is 23.1 Å². The highest BCUT2D eigenvalue weighted by Crippen LogP contribution is 2.44. The van der Waals surface area contributed by atoms with Crippen molar-refractivity contribution in [3.63, 3.8) is 0 Å². The standard InChI is InChI=1S/C19H20ClN3O/c1-12-3-5-13(6-4-12)19(10-17(21)23-18(22)11-19)15-9-14(20)7-8-16(15)24-2/h3-10H,11,21H2,1-2H3,(H2,22,23). The van der Waals surface area contributed by atoms with E-state index in [0.717, 1.165) is 16.9 Å². The maximum absolute atomic E-state index is 6.27. The van der Waals surface area contributed by atoms with Crippen LogP contribution in [0.3, 0.4) is 0 Å². The molecule has 0 aromatic heterocycles. The number of rotatable bonds is 3. The van der Waals surface area contributed by atoms with Crippen LogP contribution in [-0.2, 0) is 5.41 Å². The number of hydrogen-bond acceptors (Lipinski definition) is 4. The molecule has 4 nitrogen and oxygen atoms in total. The third kappa shape index (κ3) is 2.85. The van der Waals surface area contributed by atoms with Crippen LogP contribution in [0.2, 0.25) is 5.02 Å². The molecule has 0 aliphatic carbocycles. The molecule has 1 heterocycles. The summed E-state index contributed by atoms with van der Waals surface area (Å²) < 4.78 is 5.58. The second-order valence-electron chi connectivity index (χ2n) is 6.03. The van der Waals surface area contributed by atoms with Gasteiger partial charge in [0.25, 0.3) is 0 Å². The zero-order chi connectivity index (χ0) is 17.3. The molecule has 5 heteroatoms. The molecule has 1 aliphatic heterocycles.